The zero-order chi connectivity index (χ0) is 9.47. The first-order valence-corrected chi connectivity index (χ1v) is 3.76. The van der Waals surface area contributed by atoms with Crippen molar-refractivity contribution < 1.29 is 17.9 Å². The van der Waals surface area contributed by atoms with Gasteiger partial charge in [0.25, 0.3) is 0 Å². The topological polar surface area (TPSA) is 22.1 Å². The molecule has 0 saturated carbocycles. The fourth-order valence-corrected chi connectivity index (χ4v) is 1.22. The monoisotopic (exact) mass is 189 g/mol. The van der Waals surface area contributed by atoms with Crippen molar-refractivity contribution in [3.05, 3.63) is 23.4 Å². The van der Waals surface area contributed by atoms with Crippen LogP contribution in [0.2, 0.25) is 0 Å². The summed E-state index contributed by atoms with van der Waals surface area (Å²) in [7, 11) is 0. The van der Waals surface area contributed by atoms with Gasteiger partial charge in [0.15, 0.2) is 0 Å². The molecule has 0 atom stereocenters. The van der Waals surface area contributed by atoms with Gasteiger partial charge in [-0.1, -0.05) is 0 Å². The van der Waals surface area contributed by atoms with Crippen molar-refractivity contribution in [1.82, 2.24) is 4.98 Å². The molecule has 1 aliphatic rings. The van der Waals surface area contributed by atoms with Gasteiger partial charge in [0.05, 0.1) is 12.2 Å². The molecule has 1 aromatic rings. The highest BCUT2D eigenvalue weighted by molar-refractivity contribution is 5.33. The van der Waals surface area contributed by atoms with Crippen LogP contribution >= 0.6 is 0 Å². The van der Waals surface area contributed by atoms with E-state index in [-0.39, 0.29) is 0 Å². The van der Waals surface area contributed by atoms with Crippen molar-refractivity contribution in [2.45, 2.75) is 12.6 Å². The van der Waals surface area contributed by atoms with Crippen molar-refractivity contribution in [3.63, 3.8) is 0 Å². The van der Waals surface area contributed by atoms with Crippen molar-refractivity contribution in [3.8, 4) is 5.88 Å². The van der Waals surface area contributed by atoms with Gasteiger partial charge in [-0.25, -0.2) is 4.98 Å². The predicted octanol–water partition coefficient (Wildman–Crippen LogP) is 2.04. The molecule has 5 heteroatoms. The van der Waals surface area contributed by atoms with E-state index < -0.39 is 11.7 Å². The minimum atomic E-state index is -4.31. The molecule has 0 fully saturated rings. The third kappa shape index (κ3) is 1.46. The molecule has 0 aromatic carbocycles. The number of aromatic nitrogens is 1. The van der Waals surface area contributed by atoms with Crippen LogP contribution in [-0.2, 0) is 12.6 Å². The number of hydrogen-bond donors (Lipinski definition) is 0. The van der Waals surface area contributed by atoms with Gasteiger partial charge in [0.2, 0.25) is 5.88 Å². The van der Waals surface area contributed by atoms with Crippen LogP contribution in [0.1, 0.15) is 11.1 Å². The van der Waals surface area contributed by atoms with E-state index >= 15 is 0 Å². The Morgan fingerprint density at radius 3 is 2.85 bits per heavy atom. The SMILES string of the molecule is FC(F)(F)c1cnc2c(c1)CCO2. The maximum atomic E-state index is 12.2. The van der Waals surface area contributed by atoms with Crippen molar-refractivity contribution >= 4 is 0 Å². The van der Waals surface area contributed by atoms with Gasteiger partial charge < -0.3 is 4.74 Å². The van der Waals surface area contributed by atoms with E-state index in [0.717, 1.165) is 12.3 Å². The third-order valence-electron chi connectivity index (χ3n) is 1.86. The van der Waals surface area contributed by atoms with E-state index in [0.29, 0.717) is 24.5 Å². The molecule has 0 saturated heterocycles. The molecular weight excluding hydrogens is 183 g/mol. The molecule has 0 bridgehead atoms. The highest BCUT2D eigenvalue weighted by atomic mass is 19.4. The Morgan fingerprint density at radius 2 is 2.15 bits per heavy atom. The van der Waals surface area contributed by atoms with E-state index in [1.165, 1.54) is 0 Å². The first-order chi connectivity index (χ1) is 6.07. The second-order valence-electron chi connectivity index (χ2n) is 2.78. The van der Waals surface area contributed by atoms with Crippen LogP contribution in [0.25, 0.3) is 0 Å². The van der Waals surface area contributed by atoms with Gasteiger partial charge >= 0.3 is 6.18 Å². The fraction of sp³-hybridized carbons (Fsp3) is 0.375. The maximum Gasteiger partial charge on any atom is 0.417 e. The average molecular weight is 189 g/mol. The number of nitrogens with zero attached hydrogens (tertiary/aromatic N) is 1. The van der Waals surface area contributed by atoms with Gasteiger partial charge in [0.1, 0.15) is 0 Å². The minimum Gasteiger partial charge on any atom is -0.477 e. The summed E-state index contributed by atoms with van der Waals surface area (Å²) in [5.41, 5.74) is -0.174. The maximum absolute atomic E-state index is 12.2. The van der Waals surface area contributed by atoms with Crippen LogP contribution < -0.4 is 4.74 Å². The number of rotatable bonds is 0. The van der Waals surface area contributed by atoms with E-state index in [2.05, 4.69) is 4.98 Å². The van der Waals surface area contributed by atoms with Crippen LogP contribution in [0.5, 0.6) is 5.88 Å². The summed E-state index contributed by atoms with van der Waals surface area (Å²) in [4.78, 5) is 3.58. The number of hydrogen-bond acceptors (Lipinski definition) is 2. The molecule has 1 aliphatic heterocycles. The fourth-order valence-electron chi connectivity index (χ4n) is 1.22. The van der Waals surface area contributed by atoms with Crippen LogP contribution in [0.15, 0.2) is 12.3 Å². The number of fused-ring (bicyclic) bond motifs is 1. The minimum absolute atomic E-state index is 0.327. The number of ether oxygens (including phenoxy) is 1. The standard InChI is InChI=1S/C8H6F3NO/c9-8(10,11)6-3-5-1-2-13-7(5)12-4-6/h3-4H,1-2H2. The summed E-state index contributed by atoms with van der Waals surface area (Å²) < 4.78 is 41.5. The second-order valence-corrected chi connectivity index (χ2v) is 2.78. The molecule has 2 rings (SSSR count). The predicted molar refractivity (Wildman–Crippen MR) is 38.4 cm³/mol. The van der Waals surface area contributed by atoms with Gasteiger partial charge in [-0.3, -0.25) is 0 Å². The largest absolute Gasteiger partial charge is 0.477 e. The lowest BCUT2D eigenvalue weighted by Gasteiger charge is -2.06. The Bertz CT molecular complexity index is 335. The Labute approximate surface area is 72.4 Å². The van der Waals surface area contributed by atoms with Crippen LogP contribution in [-0.4, -0.2) is 11.6 Å². The third-order valence-corrected chi connectivity index (χ3v) is 1.86. The van der Waals surface area contributed by atoms with E-state index in [9.17, 15) is 13.2 Å². The highest BCUT2D eigenvalue weighted by Gasteiger charge is 2.32. The molecule has 0 spiro atoms. The number of alkyl halides is 3. The Kier molecular flexibility index (Phi) is 1.68. The molecule has 0 radical (unpaired) electrons. The zero-order valence-electron chi connectivity index (χ0n) is 6.56. The lowest BCUT2D eigenvalue weighted by molar-refractivity contribution is -0.137. The van der Waals surface area contributed by atoms with Gasteiger partial charge in [-0.2, -0.15) is 13.2 Å². The Balaban J connectivity index is 2.42. The van der Waals surface area contributed by atoms with E-state index in [1.807, 2.05) is 0 Å². The van der Waals surface area contributed by atoms with Gasteiger partial charge in [-0.05, 0) is 6.07 Å². The molecular formula is C8H6F3NO. The zero-order valence-corrected chi connectivity index (χ0v) is 6.56. The van der Waals surface area contributed by atoms with Crippen LogP contribution in [0.3, 0.4) is 0 Å². The molecule has 13 heavy (non-hydrogen) atoms. The first kappa shape index (κ1) is 8.34. The van der Waals surface area contributed by atoms with E-state index in [1.54, 1.807) is 0 Å². The van der Waals surface area contributed by atoms with Crippen LogP contribution in [0, 0.1) is 0 Å². The number of halogens is 3. The van der Waals surface area contributed by atoms with Crippen molar-refractivity contribution in [1.29, 1.82) is 0 Å². The van der Waals surface area contributed by atoms with Crippen molar-refractivity contribution in [2.75, 3.05) is 6.61 Å². The van der Waals surface area contributed by atoms with E-state index in [4.69, 9.17) is 4.74 Å². The summed E-state index contributed by atoms with van der Waals surface area (Å²) in [5.74, 6) is 0.327. The quantitative estimate of drug-likeness (QED) is 0.623. The summed E-state index contributed by atoms with van der Waals surface area (Å²) in [6, 6.07) is 1.09. The molecule has 70 valence electrons. The molecule has 2 nitrogen and oxygen atoms in total. The van der Waals surface area contributed by atoms with Gasteiger partial charge in [0, 0.05) is 18.2 Å². The molecule has 0 unspecified atom stereocenters. The summed E-state index contributed by atoms with van der Waals surface area (Å²) in [5, 5.41) is 0. The first-order valence-electron chi connectivity index (χ1n) is 3.76. The Morgan fingerprint density at radius 1 is 1.38 bits per heavy atom. The normalized spacial score (nSPS) is 15.3. The molecule has 0 N–H and O–H groups in total. The Hall–Kier alpha value is -1.26. The summed E-state index contributed by atoms with van der Waals surface area (Å²) in [6.45, 7) is 0.420. The van der Waals surface area contributed by atoms with Crippen molar-refractivity contribution in [2.24, 2.45) is 0 Å². The smallest absolute Gasteiger partial charge is 0.417 e. The second kappa shape index (κ2) is 2.61. The molecule has 0 amide bonds. The molecule has 2 heterocycles. The lowest BCUT2D eigenvalue weighted by Crippen LogP contribution is -2.05. The highest BCUT2D eigenvalue weighted by Crippen LogP contribution is 2.32. The summed E-state index contributed by atoms with van der Waals surface area (Å²) >= 11 is 0. The van der Waals surface area contributed by atoms with Crippen LogP contribution in [0.4, 0.5) is 13.2 Å². The number of pyridine rings is 1. The summed E-state index contributed by atoms with van der Waals surface area (Å²) in [6.07, 6.45) is -3.01. The van der Waals surface area contributed by atoms with Gasteiger partial charge in [-0.15, -0.1) is 0 Å². The molecule has 0 aliphatic carbocycles. The molecule has 1 aromatic heterocycles. The average Bonchev–Trinajstić information content (AvgIpc) is 2.47. The lowest BCUT2D eigenvalue weighted by atomic mass is 10.1.